The second kappa shape index (κ2) is 11.2. The van der Waals surface area contributed by atoms with E-state index in [2.05, 4.69) is 24.1 Å². The Kier molecular flexibility index (Phi) is 10.8. The summed E-state index contributed by atoms with van der Waals surface area (Å²) in [6, 6.07) is 0. The number of carbonyl (C=O) groups excluding carboxylic acids is 1. The van der Waals surface area contributed by atoms with Gasteiger partial charge in [-0.05, 0) is 38.9 Å². The topological polar surface area (TPSA) is 67.6 Å². The number of ether oxygens (including phenoxy) is 1. The zero-order chi connectivity index (χ0) is 14.7. The lowest BCUT2D eigenvalue weighted by Gasteiger charge is -2.16. The molecule has 0 saturated carbocycles. The van der Waals surface area contributed by atoms with Crippen molar-refractivity contribution >= 4 is 5.91 Å². The molecule has 5 nitrogen and oxygen atoms in total. The zero-order valence-electron chi connectivity index (χ0n) is 12.9. The molecule has 1 unspecified atom stereocenters. The van der Waals surface area contributed by atoms with Gasteiger partial charge < -0.3 is 20.7 Å². The second-order valence-corrected chi connectivity index (χ2v) is 5.70. The van der Waals surface area contributed by atoms with E-state index in [9.17, 15) is 4.79 Å². The maximum absolute atomic E-state index is 11.7. The molecule has 0 fully saturated rings. The minimum absolute atomic E-state index is 0.0762. The van der Waals surface area contributed by atoms with Crippen LogP contribution in [0.4, 0.5) is 0 Å². The lowest BCUT2D eigenvalue weighted by atomic mass is 9.94. The third-order valence-electron chi connectivity index (χ3n) is 2.86. The Balaban J connectivity index is 3.57. The zero-order valence-corrected chi connectivity index (χ0v) is 12.9. The van der Waals surface area contributed by atoms with Crippen molar-refractivity contribution in [3.63, 3.8) is 0 Å². The summed E-state index contributed by atoms with van der Waals surface area (Å²) >= 11 is 0. The highest BCUT2D eigenvalue weighted by atomic mass is 16.5. The van der Waals surface area contributed by atoms with E-state index in [0.29, 0.717) is 38.6 Å². The average Bonchev–Trinajstić information content (AvgIpc) is 2.31. The molecule has 0 aromatic carbocycles. The smallest absolute Gasteiger partial charge is 0.220 e. The molecule has 5 heteroatoms. The largest absolute Gasteiger partial charge is 0.378 e. The third-order valence-corrected chi connectivity index (χ3v) is 2.86. The highest BCUT2D eigenvalue weighted by Gasteiger charge is 2.13. The molecule has 3 N–H and O–H groups in total. The number of likely N-dealkylation sites (N-methyl/N-ethyl adjacent to an activating group) is 1. The predicted octanol–water partition coefficient (Wildman–Crippen LogP) is 0.692. The van der Waals surface area contributed by atoms with Crippen molar-refractivity contribution in [2.75, 3.05) is 46.9 Å². The van der Waals surface area contributed by atoms with Gasteiger partial charge >= 0.3 is 0 Å². The fraction of sp³-hybridized carbons (Fsp3) is 0.929. The van der Waals surface area contributed by atoms with Crippen molar-refractivity contribution in [3.05, 3.63) is 0 Å². The Morgan fingerprint density at radius 3 is 2.53 bits per heavy atom. The van der Waals surface area contributed by atoms with Gasteiger partial charge in [0.15, 0.2) is 0 Å². The summed E-state index contributed by atoms with van der Waals surface area (Å²) < 4.78 is 5.41. The first-order valence-corrected chi connectivity index (χ1v) is 7.15. The highest BCUT2D eigenvalue weighted by molar-refractivity contribution is 5.76. The summed E-state index contributed by atoms with van der Waals surface area (Å²) in [5.74, 6) is 0.942. The first-order chi connectivity index (χ1) is 8.95. The molecule has 0 aliphatic carbocycles. The van der Waals surface area contributed by atoms with E-state index in [-0.39, 0.29) is 11.8 Å². The van der Waals surface area contributed by atoms with Crippen LogP contribution >= 0.6 is 0 Å². The number of rotatable bonds is 11. The molecule has 19 heavy (non-hydrogen) atoms. The molecule has 0 heterocycles. The lowest BCUT2D eigenvalue weighted by molar-refractivity contribution is -0.122. The van der Waals surface area contributed by atoms with Crippen LogP contribution < -0.4 is 11.1 Å². The van der Waals surface area contributed by atoms with Gasteiger partial charge in [-0.2, -0.15) is 0 Å². The molecule has 1 amide bonds. The number of nitrogens with zero attached hydrogens (tertiary/aromatic N) is 1. The minimum Gasteiger partial charge on any atom is -0.378 e. The molecular weight excluding hydrogens is 242 g/mol. The maximum Gasteiger partial charge on any atom is 0.220 e. The summed E-state index contributed by atoms with van der Waals surface area (Å²) in [5, 5.41) is 2.88. The summed E-state index contributed by atoms with van der Waals surface area (Å²) in [7, 11) is 4.01. The van der Waals surface area contributed by atoms with E-state index in [4.69, 9.17) is 10.5 Å². The van der Waals surface area contributed by atoms with E-state index in [1.165, 1.54) is 0 Å². The summed E-state index contributed by atoms with van der Waals surface area (Å²) in [5.41, 5.74) is 5.68. The average molecular weight is 273 g/mol. The van der Waals surface area contributed by atoms with Gasteiger partial charge in [-0.3, -0.25) is 4.79 Å². The molecule has 1 atom stereocenters. The summed E-state index contributed by atoms with van der Waals surface area (Å²) in [6.07, 6.45) is 1.52. The second-order valence-electron chi connectivity index (χ2n) is 5.70. The van der Waals surface area contributed by atoms with Gasteiger partial charge in [0.05, 0.1) is 13.2 Å². The Morgan fingerprint density at radius 2 is 2.00 bits per heavy atom. The quantitative estimate of drug-likeness (QED) is 0.544. The SMILES string of the molecule is CC(C)CC(CN)CC(=O)NCCOCCN(C)C. The first kappa shape index (κ1) is 18.4. The fourth-order valence-electron chi connectivity index (χ4n) is 1.88. The van der Waals surface area contributed by atoms with Crippen LogP contribution in [0.3, 0.4) is 0 Å². The van der Waals surface area contributed by atoms with Crippen LogP contribution in [0.1, 0.15) is 26.7 Å². The van der Waals surface area contributed by atoms with Crippen molar-refractivity contribution < 1.29 is 9.53 Å². The van der Waals surface area contributed by atoms with Crippen LogP contribution in [0, 0.1) is 11.8 Å². The Hall–Kier alpha value is -0.650. The van der Waals surface area contributed by atoms with E-state index >= 15 is 0 Å². The number of hydrogen-bond donors (Lipinski definition) is 2. The molecule has 0 bridgehead atoms. The molecule has 0 spiro atoms. The van der Waals surface area contributed by atoms with Gasteiger partial charge in [-0.15, -0.1) is 0 Å². The number of amides is 1. The van der Waals surface area contributed by atoms with Gasteiger partial charge in [0.25, 0.3) is 0 Å². The molecule has 114 valence electrons. The Labute approximate surface area is 117 Å². The van der Waals surface area contributed by atoms with Crippen LogP contribution in [0.15, 0.2) is 0 Å². The van der Waals surface area contributed by atoms with Crippen LogP contribution in [0.25, 0.3) is 0 Å². The van der Waals surface area contributed by atoms with Crippen molar-refractivity contribution in [1.29, 1.82) is 0 Å². The van der Waals surface area contributed by atoms with Crippen molar-refractivity contribution in [1.82, 2.24) is 10.2 Å². The van der Waals surface area contributed by atoms with E-state index in [1.807, 2.05) is 14.1 Å². The van der Waals surface area contributed by atoms with Crippen molar-refractivity contribution in [3.8, 4) is 0 Å². The van der Waals surface area contributed by atoms with E-state index in [1.54, 1.807) is 0 Å². The van der Waals surface area contributed by atoms with Gasteiger partial charge in [0.1, 0.15) is 0 Å². The Morgan fingerprint density at radius 1 is 1.32 bits per heavy atom. The molecule has 0 aromatic heterocycles. The van der Waals surface area contributed by atoms with Crippen LogP contribution in [-0.2, 0) is 9.53 Å². The van der Waals surface area contributed by atoms with Crippen molar-refractivity contribution in [2.24, 2.45) is 17.6 Å². The molecule has 0 aromatic rings. The molecule has 0 saturated heterocycles. The van der Waals surface area contributed by atoms with E-state index in [0.717, 1.165) is 13.0 Å². The maximum atomic E-state index is 11.7. The standard InChI is InChI=1S/C14H31N3O2/c1-12(2)9-13(11-15)10-14(18)16-5-7-19-8-6-17(3)4/h12-13H,5-11,15H2,1-4H3,(H,16,18). The number of hydrogen-bond acceptors (Lipinski definition) is 4. The third kappa shape index (κ3) is 12.1. The van der Waals surface area contributed by atoms with Crippen molar-refractivity contribution in [2.45, 2.75) is 26.7 Å². The normalized spacial score (nSPS) is 13.0. The van der Waals surface area contributed by atoms with Gasteiger partial charge in [-0.1, -0.05) is 13.8 Å². The van der Waals surface area contributed by atoms with E-state index < -0.39 is 0 Å². The monoisotopic (exact) mass is 273 g/mol. The van der Waals surface area contributed by atoms with Gasteiger partial charge in [0, 0.05) is 19.5 Å². The van der Waals surface area contributed by atoms with Crippen LogP contribution in [-0.4, -0.2) is 57.8 Å². The Bertz CT molecular complexity index is 233. The molecular formula is C14H31N3O2. The van der Waals surface area contributed by atoms with Gasteiger partial charge in [0.2, 0.25) is 5.91 Å². The molecule has 0 radical (unpaired) electrons. The number of nitrogens with two attached hydrogens (primary N) is 1. The minimum atomic E-state index is 0.0762. The molecule has 0 rings (SSSR count). The number of carbonyl (C=O) groups is 1. The first-order valence-electron chi connectivity index (χ1n) is 7.15. The molecule has 0 aliphatic heterocycles. The summed E-state index contributed by atoms with van der Waals surface area (Å²) in [4.78, 5) is 13.8. The summed E-state index contributed by atoms with van der Waals surface area (Å²) in [6.45, 7) is 7.62. The molecule has 0 aliphatic rings. The van der Waals surface area contributed by atoms with Gasteiger partial charge in [-0.25, -0.2) is 0 Å². The number of nitrogens with one attached hydrogen (secondary N) is 1. The van der Waals surface area contributed by atoms with Crippen LogP contribution in [0.2, 0.25) is 0 Å². The fourth-order valence-corrected chi connectivity index (χ4v) is 1.88. The van der Waals surface area contributed by atoms with Crippen LogP contribution in [0.5, 0.6) is 0 Å². The highest BCUT2D eigenvalue weighted by Crippen LogP contribution is 2.13. The predicted molar refractivity (Wildman–Crippen MR) is 79.0 cm³/mol. The lowest BCUT2D eigenvalue weighted by Crippen LogP contribution is -2.31.